The minimum Gasteiger partial charge on any atom is -0.370 e. The predicted molar refractivity (Wildman–Crippen MR) is 80.7 cm³/mol. The van der Waals surface area contributed by atoms with Gasteiger partial charge in [0, 0.05) is 25.1 Å². The maximum atomic E-state index is 4.59. The van der Waals surface area contributed by atoms with Crippen molar-refractivity contribution in [2.75, 3.05) is 23.7 Å². The summed E-state index contributed by atoms with van der Waals surface area (Å²) in [4.78, 5) is 9.12. The molecule has 0 spiro atoms. The fourth-order valence-corrected chi connectivity index (χ4v) is 2.27. The van der Waals surface area contributed by atoms with Crippen LogP contribution in [0, 0.1) is 5.92 Å². The van der Waals surface area contributed by atoms with Crippen LogP contribution in [0.4, 0.5) is 11.6 Å². The lowest BCUT2D eigenvalue weighted by Gasteiger charge is -2.25. The Morgan fingerprint density at radius 3 is 2.42 bits per heavy atom. The zero-order valence-corrected chi connectivity index (χ0v) is 12.4. The topological polar surface area (TPSA) is 49.8 Å². The Labute approximate surface area is 116 Å². The van der Waals surface area contributed by atoms with Gasteiger partial charge >= 0.3 is 0 Å². The van der Waals surface area contributed by atoms with Crippen molar-refractivity contribution in [3.05, 3.63) is 11.9 Å². The molecule has 1 aliphatic rings. The molecule has 0 amide bonds. The molecular weight excluding hydrogens is 236 g/mol. The van der Waals surface area contributed by atoms with E-state index in [4.69, 9.17) is 0 Å². The van der Waals surface area contributed by atoms with Crippen molar-refractivity contribution in [1.82, 2.24) is 9.97 Å². The van der Waals surface area contributed by atoms with Gasteiger partial charge in [0.1, 0.15) is 17.5 Å². The molecule has 1 saturated carbocycles. The number of hydrogen-bond donors (Lipinski definition) is 2. The lowest BCUT2D eigenvalue weighted by molar-refractivity contribution is 0.303. The Bertz CT molecular complexity index is 399. The molecule has 1 aliphatic carbocycles. The maximum Gasteiger partial charge on any atom is 0.135 e. The number of anilines is 2. The van der Waals surface area contributed by atoms with Crippen molar-refractivity contribution >= 4 is 11.6 Å². The smallest absolute Gasteiger partial charge is 0.135 e. The van der Waals surface area contributed by atoms with Crippen LogP contribution in [0.15, 0.2) is 6.07 Å². The van der Waals surface area contributed by atoms with Gasteiger partial charge in [-0.25, -0.2) is 9.97 Å². The van der Waals surface area contributed by atoms with Crippen LogP contribution in [-0.2, 0) is 0 Å². The summed E-state index contributed by atoms with van der Waals surface area (Å²) in [5.41, 5.74) is 0. The minimum absolute atomic E-state index is 0.353. The molecule has 1 fully saturated rings. The number of nitrogens with one attached hydrogen (secondary N) is 2. The van der Waals surface area contributed by atoms with Gasteiger partial charge in [0.15, 0.2) is 0 Å². The third kappa shape index (κ3) is 4.08. The molecular formula is C15H26N4. The van der Waals surface area contributed by atoms with Gasteiger partial charge in [-0.3, -0.25) is 0 Å². The summed E-state index contributed by atoms with van der Waals surface area (Å²) >= 11 is 0. The second-order valence-corrected chi connectivity index (χ2v) is 5.69. The summed E-state index contributed by atoms with van der Waals surface area (Å²) in [5, 5.41) is 6.72. The van der Waals surface area contributed by atoms with E-state index in [1.54, 1.807) is 0 Å². The molecule has 0 atom stereocenters. The largest absolute Gasteiger partial charge is 0.370 e. The molecule has 0 unspecified atom stereocenters. The van der Waals surface area contributed by atoms with Crippen LogP contribution in [0.1, 0.15) is 58.2 Å². The Hall–Kier alpha value is -1.32. The molecule has 4 heteroatoms. The first-order valence-electron chi connectivity index (χ1n) is 7.55. The first-order chi connectivity index (χ1) is 9.19. The van der Waals surface area contributed by atoms with Gasteiger partial charge in [0.05, 0.1) is 0 Å². The molecule has 1 aromatic rings. The SMILES string of the molecule is CCNc1cc(NCCC2CCC2)nc(C(C)C)n1. The van der Waals surface area contributed by atoms with Crippen LogP contribution in [0.2, 0.25) is 0 Å². The highest BCUT2D eigenvalue weighted by atomic mass is 15.1. The van der Waals surface area contributed by atoms with Crippen molar-refractivity contribution in [3.63, 3.8) is 0 Å². The van der Waals surface area contributed by atoms with Crippen LogP contribution in [0.5, 0.6) is 0 Å². The maximum absolute atomic E-state index is 4.59. The highest BCUT2D eigenvalue weighted by Gasteiger charge is 2.16. The summed E-state index contributed by atoms with van der Waals surface area (Å²) in [6.07, 6.45) is 5.49. The van der Waals surface area contributed by atoms with Gasteiger partial charge < -0.3 is 10.6 Å². The van der Waals surface area contributed by atoms with Gasteiger partial charge in [-0.15, -0.1) is 0 Å². The molecule has 0 bridgehead atoms. The van der Waals surface area contributed by atoms with E-state index in [1.165, 1.54) is 25.7 Å². The lowest BCUT2D eigenvalue weighted by Crippen LogP contribution is -2.16. The molecule has 106 valence electrons. The first kappa shape index (κ1) is 14.1. The third-order valence-electron chi connectivity index (χ3n) is 3.70. The van der Waals surface area contributed by atoms with Crippen molar-refractivity contribution in [2.45, 2.75) is 52.4 Å². The Morgan fingerprint density at radius 2 is 1.89 bits per heavy atom. The first-order valence-corrected chi connectivity index (χ1v) is 7.55. The van der Waals surface area contributed by atoms with E-state index in [0.717, 1.165) is 36.5 Å². The highest BCUT2D eigenvalue weighted by molar-refractivity contribution is 5.47. The molecule has 19 heavy (non-hydrogen) atoms. The van der Waals surface area contributed by atoms with E-state index in [1.807, 2.05) is 6.07 Å². The van der Waals surface area contributed by atoms with Gasteiger partial charge in [-0.05, 0) is 19.3 Å². The second kappa shape index (κ2) is 6.73. The fraction of sp³-hybridized carbons (Fsp3) is 0.733. The standard InChI is InChI=1S/C15H26N4/c1-4-16-13-10-14(19-15(18-13)11(2)3)17-9-8-12-6-5-7-12/h10-12H,4-9H2,1-3H3,(H2,16,17,18,19). The number of aromatic nitrogens is 2. The van der Waals surface area contributed by atoms with E-state index in [2.05, 4.69) is 41.4 Å². The fourth-order valence-electron chi connectivity index (χ4n) is 2.27. The normalized spacial score (nSPS) is 15.4. The summed E-state index contributed by atoms with van der Waals surface area (Å²) in [6.45, 7) is 8.24. The van der Waals surface area contributed by atoms with Gasteiger partial charge in [0.25, 0.3) is 0 Å². The molecule has 2 N–H and O–H groups in total. The Kier molecular flexibility index (Phi) is 5.00. The molecule has 4 nitrogen and oxygen atoms in total. The zero-order chi connectivity index (χ0) is 13.7. The molecule has 0 saturated heterocycles. The highest BCUT2D eigenvalue weighted by Crippen LogP contribution is 2.29. The lowest BCUT2D eigenvalue weighted by atomic mass is 9.83. The summed E-state index contributed by atoms with van der Waals surface area (Å²) in [5.74, 6) is 4.07. The van der Waals surface area contributed by atoms with E-state index in [0.29, 0.717) is 5.92 Å². The number of hydrogen-bond acceptors (Lipinski definition) is 4. The second-order valence-electron chi connectivity index (χ2n) is 5.69. The summed E-state index contributed by atoms with van der Waals surface area (Å²) < 4.78 is 0. The van der Waals surface area contributed by atoms with Crippen molar-refractivity contribution < 1.29 is 0 Å². The van der Waals surface area contributed by atoms with Crippen molar-refractivity contribution in [1.29, 1.82) is 0 Å². The van der Waals surface area contributed by atoms with E-state index in [-0.39, 0.29) is 0 Å². The number of rotatable bonds is 7. The van der Waals surface area contributed by atoms with Gasteiger partial charge in [0.2, 0.25) is 0 Å². The van der Waals surface area contributed by atoms with E-state index in [9.17, 15) is 0 Å². The van der Waals surface area contributed by atoms with Gasteiger partial charge in [-0.1, -0.05) is 33.1 Å². The summed E-state index contributed by atoms with van der Waals surface area (Å²) in [6, 6.07) is 2.01. The van der Waals surface area contributed by atoms with Crippen LogP contribution in [0.3, 0.4) is 0 Å². The molecule has 0 aliphatic heterocycles. The molecule has 1 aromatic heterocycles. The van der Waals surface area contributed by atoms with Crippen molar-refractivity contribution in [3.8, 4) is 0 Å². The molecule has 2 rings (SSSR count). The zero-order valence-electron chi connectivity index (χ0n) is 12.4. The Balaban J connectivity index is 1.96. The average molecular weight is 262 g/mol. The van der Waals surface area contributed by atoms with Crippen LogP contribution in [0.25, 0.3) is 0 Å². The minimum atomic E-state index is 0.353. The van der Waals surface area contributed by atoms with Crippen LogP contribution in [-0.4, -0.2) is 23.1 Å². The van der Waals surface area contributed by atoms with Crippen LogP contribution >= 0.6 is 0 Å². The molecule has 1 heterocycles. The monoisotopic (exact) mass is 262 g/mol. The molecule has 0 radical (unpaired) electrons. The number of nitrogens with zero attached hydrogens (tertiary/aromatic N) is 2. The van der Waals surface area contributed by atoms with Gasteiger partial charge in [-0.2, -0.15) is 0 Å². The third-order valence-corrected chi connectivity index (χ3v) is 3.70. The van der Waals surface area contributed by atoms with Crippen LogP contribution < -0.4 is 10.6 Å². The quantitative estimate of drug-likeness (QED) is 0.787. The van der Waals surface area contributed by atoms with Crippen molar-refractivity contribution in [2.24, 2.45) is 5.92 Å². The predicted octanol–water partition coefficient (Wildman–Crippen LogP) is 3.63. The Morgan fingerprint density at radius 1 is 1.21 bits per heavy atom. The van der Waals surface area contributed by atoms with E-state index >= 15 is 0 Å². The molecule has 0 aromatic carbocycles. The van der Waals surface area contributed by atoms with E-state index < -0.39 is 0 Å². The average Bonchev–Trinajstić information content (AvgIpc) is 2.32. The summed E-state index contributed by atoms with van der Waals surface area (Å²) in [7, 11) is 0.